The number of H-pyrrole nitrogens is 1. The molecule has 41 heavy (non-hydrogen) atoms. The summed E-state index contributed by atoms with van der Waals surface area (Å²) < 4.78 is 14.8. The van der Waals surface area contributed by atoms with E-state index in [-0.39, 0.29) is 22.9 Å². The van der Waals surface area contributed by atoms with E-state index in [1.54, 1.807) is 29.2 Å². The molecule has 0 radical (unpaired) electrons. The molecule has 10 heteroatoms. The van der Waals surface area contributed by atoms with Crippen molar-refractivity contribution in [3.8, 4) is 0 Å². The molecule has 6 rings (SSSR count). The topological polar surface area (TPSA) is 102 Å². The molecule has 0 unspecified atom stereocenters. The normalized spacial score (nSPS) is 19.5. The molecule has 3 aromatic rings. The van der Waals surface area contributed by atoms with Crippen LogP contribution in [-0.4, -0.2) is 95.6 Å². The van der Waals surface area contributed by atoms with Gasteiger partial charge in [-0.25, -0.2) is 9.49 Å². The van der Waals surface area contributed by atoms with Crippen LogP contribution in [0.3, 0.4) is 0 Å². The van der Waals surface area contributed by atoms with Gasteiger partial charge in [0, 0.05) is 38.0 Å². The standard InChI is InChI=1S/C31H37FN6O3/c32-26-6-5-22(20-27-23-3-1-2-4-24(23)29(40)35-34-27)19-25(26)30(41)38-17-15-37(16-18-38)28(39)21-36-13-9-31(10-14-36)7-11-33-12-8-31/h1-6,19,33H,7-18,20-21H2,(H,35,40). The summed E-state index contributed by atoms with van der Waals surface area (Å²) in [5.74, 6) is -0.848. The summed E-state index contributed by atoms with van der Waals surface area (Å²) >= 11 is 0. The number of fused-ring (bicyclic) bond motifs is 1. The molecule has 1 aromatic heterocycles. The Morgan fingerprint density at radius 3 is 2.29 bits per heavy atom. The average molecular weight is 561 g/mol. The Balaban J connectivity index is 1.05. The zero-order valence-corrected chi connectivity index (χ0v) is 23.3. The molecule has 3 aliphatic rings. The Kier molecular flexibility index (Phi) is 7.86. The smallest absolute Gasteiger partial charge is 0.272 e. The second-order valence-corrected chi connectivity index (χ2v) is 11.7. The molecule has 2 N–H and O–H groups in total. The summed E-state index contributed by atoms with van der Waals surface area (Å²) in [5, 5.41) is 11.4. The van der Waals surface area contributed by atoms with Crippen LogP contribution >= 0.6 is 0 Å². The summed E-state index contributed by atoms with van der Waals surface area (Å²) in [6.45, 7) is 6.18. The van der Waals surface area contributed by atoms with Crippen molar-refractivity contribution in [3.05, 3.63) is 75.5 Å². The van der Waals surface area contributed by atoms with Crippen molar-refractivity contribution in [2.75, 3.05) is 58.9 Å². The Hall–Kier alpha value is -3.63. The number of carbonyl (C=O) groups excluding carboxylic acids is 2. The minimum absolute atomic E-state index is 0.0103. The summed E-state index contributed by atoms with van der Waals surface area (Å²) in [7, 11) is 0. The highest BCUT2D eigenvalue weighted by Crippen LogP contribution is 2.39. The number of hydrogen-bond donors (Lipinski definition) is 2. The number of carbonyl (C=O) groups is 2. The van der Waals surface area contributed by atoms with Crippen LogP contribution in [0.1, 0.15) is 47.3 Å². The van der Waals surface area contributed by atoms with E-state index in [0.29, 0.717) is 55.6 Å². The molecule has 3 fully saturated rings. The SMILES string of the molecule is O=C(CN1CCC2(CCNCC2)CC1)N1CCN(C(=O)c2cc(Cc3n[nH]c(=O)c4ccccc34)ccc2F)CC1. The maximum absolute atomic E-state index is 14.8. The van der Waals surface area contributed by atoms with Gasteiger partial charge in [0.1, 0.15) is 5.82 Å². The summed E-state index contributed by atoms with van der Waals surface area (Å²) in [6.07, 6.45) is 5.12. The molecule has 0 bridgehead atoms. The number of likely N-dealkylation sites (tertiary alicyclic amines) is 1. The number of piperazine rings is 1. The maximum atomic E-state index is 14.8. The maximum Gasteiger partial charge on any atom is 0.272 e. The van der Waals surface area contributed by atoms with Crippen molar-refractivity contribution in [1.82, 2.24) is 30.2 Å². The van der Waals surface area contributed by atoms with Crippen LogP contribution in [0.5, 0.6) is 0 Å². The van der Waals surface area contributed by atoms with E-state index in [9.17, 15) is 18.8 Å². The van der Waals surface area contributed by atoms with Crippen molar-refractivity contribution < 1.29 is 14.0 Å². The van der Waals surface area contributed by atoms with Gasteiger partial charge in [0.15, 0.2) is 0 Å². The minimum atomic E-state index is -0.576. The van der Waals surface area contributed by atoms with Gasteiger partial charge in [0.25, 0.3) is 11.5 Å². The number of amides is 2. The Morgan fingerprint density at radius 2 is 1.56 bits per heavy atom. The lowest BCUT2D eigenvalue weighted by Gasteiger charge is -2.44. The molecule has 4 heterocycles. The lowest BCUT2D eigenvalue weighted by Crippen LogP contribution is -2.54. The number of halogens is 1. The first-order valence-corrected chi connectivity index (χ1v) is 14.7. The zero-order valence-electron chi connectivity index (χ0n) is 23.3. The Bertz CT molecular complexity index is 1480. The predicted molar refractivity (Wildman–Crippen MR) is 154 cm³/mol. The molecule has 2 aromatic carbocycles. The third-order valence-electron chi connectivity index (χ3n) is 9.27. The number of piperidine rings is 2. The highest BCUT2D eigenvalue weighted by Gasteiger charge is 2.36. The van der Waals surface area contributed by atoms with E-state index in [1.807, 2.05) is 17.0 Å². The van der Waals surface area contributed by atoms with E-state index in [4.69, 9.17) is 0 Å². The number of aromatic nitrogens is 2. The molecule has 0 atom stereocenters. The number of hydrogen-bond acceptors (Lipinski definition) is 6. The van der Waals surface area contributed by atoms with Gasteiger partial charge in [-0.1, -0.05) is 24.3 Å². The molecule has 1 spiro atoms. The van der Waals surface area contributed by atoms with E-state index < -0.39 is 5.82 Å². The number of aromatic amines is 1. The second kappa shape index (κ2) is 11.7. The molecular weight excluding hydrogens is 523 g/mol. The molecule has 0 saturated carbocycles. The van der Waals surface area contributed by atoms with Crippen LogP contribution < -0.4 is 10.9 Å². The first-order valence-electron chi connectivity index (χ1n) is 14.7. The van der Waals surface area contributed by atoms with E-state index in [1.165, 1.54) is 18.9 Å². The molecule has 3 saturated heterocycles. The second-order valence-electron chi connectivity index (χ2n) is 11.7. The number of rotatable bonds is 5. The lowest BCUT2D eigenvalue weighted by molar-refractivity contribution is -0.134. The third kappa shape index (κ3) is 5.90. The molecule has 216 valence electrons. The first kappa shape index (κ1) is 27.5. The van der Waals surface area contributed by atoms with Crippen molar-refractivity contribution in [2.45, 2.75) is 32.1 Å². The minimum Gasteiger partial charge on any atom is -0.338 e. The molecule has 3 aliphatic heterocycles. The van der Waals surface area contributed by atoms with Crippen LogP contribution in [0.15, 0.2) is 47.3 Å². The van der Waals surface area contributed by atoms with Crippen molar-refractivity contribution >= 4 is 22.6 Å². The van der Waals surface area contributed by atoms with Gasteiger partial charge in [0.2, 0.25) is 5.91 Å². The van der Waals surface area contributed by atoms with Crippen molar-refractivity contribution in [1.29, 1.82) is 0 Å². The van der Waals surface area contributed by atoms with E-state index in [0.717, 1.165) is 50.0 Å². The fourth-order valence-electron chi connectivity index (χ4n) is 6.61. The number of benzene rings is 2. The fraction of sp³-hybridized carbons (Fsp3) is 0.484. The van der Waals surface area contributed by atoms with Gasteiger partial charge in [-0.2, -0.15) is 5.10 Å². The highest BCUT2D eigenvalue weighted by atomic mass is 19.1. The van der Waals surface area contributed by atoms with Crippen LogP contribution in [0.25, 0.3) is 10.8 Å². The predicted octanol–water partition coefficient (Wildman–Crippen LogP) is 2.40. The Morgan fingerprint density at radius 1 is 0.878 bits per heavy atom. The first-order chi connectivity index (χ1) is 19.9. The van der Waals surface area contributed by atoms with Gasteiger partial charge < -0.3 is 15.1 Å². The van der Waals surface area contributed by atoms with Crippen LogP contribution in [0.4, 0.5) is 4.39 Å². The van der Waals surface area contributed by atoms with Gasteiger partial charge in [-0.05, 0) is 81.0 Å². The monoisotopic (exact) mass is 560 g/mol. The summed E-state index contributed by atoms with van der Waals surface area (Å²) in [5.41, 5.74) is 1.57. The molecule has 2 amide bonds. The van der Waals surface area contributed by atoms with Crippen LogP contribution in [0, 0.1) is 11.2 Å². The average Bonchev–Trinajstić information content (AvgIpc) is 3.01. The van der Waals surface area contributed by atoms with Crippen molar-refractivity contribution in [2.24, 2.45) is 5.41 Å². The fourth-order valence-corrected chi connectivity index (χ4v) is 6.61. The van der Waals surface area contributed by atoms with Gasteiger partial charge in [-0.15, -0.1) is 0 Å². The van der Waals surface area contributed by atoms with Crippen molar-refractivity contribution in [3.63, 3.8) is 0 Å². The van der Waals surface area contributed by atoms with Gasteiger partial charge >= 0.3 is 0 Å². The largest absolute Gasteiger partial charge is 0.338 e. The van der Waals surface area contributed by atoms with Crippen LogP contribution in [0.2, 0.25) is 0 Å². The molecule has 9 nitrogen and oxygen atoms in total. The molecule has 0 aliphatic carbocycles. The van der Waals surface area contributed by atoms with Gasteiger partial charge in [-0.3, -0.25) is 19.3 Å². The van der Waals surface area contributed by atoms with E-state index in [2.05, 4.69) is 20.4 Å². The van der Waals surface area contributed by atoms with Gasteiger partial charge in [0.05, 0.1) is 23.2 Å². The molecular formula is C31H37FN6O3. The van der Waals surface area contributed by atoms with Crippen LogP contribution in [-0.2, 0) is 11.2 Å². The lowest BCUT2D eigenvalue weighted by atomic mass is 9.71. The summed E-state index contributed by atoms with van der Waals surface area (Å²) in [4.78, 5) is 44.2. The summed E-state index contributed by atoms with van der Waals surface area (Å²) in [6, 6.07) is 11.7. The third-order valence-corrected chi connectivity index (χ3v) is 9.27. The quantitative estimate of drug-likeness (QED) is 0.497. The Labute approximate surface area is 238 Å². The highest BCUT2D eigenvalue weighted by molar-refractivity contribution is 5.95. The number of nitrogens with zero attached hydrogens (tertiary/aromatic N) is 4. The van der Waals surface area contributed by atoms with E-state index >= 15 is 0 Å². The number of nitrogens with one attached hydrogen (secondary N) is 2. The zero-order chi connectivity index (χ0) is 28.4.